The number of hydrogen-bond donors (Lipinski definition) is 0. The van der Waals surface area contributed by atoms with Crippen LogP contribution < -0.4 is 4.74 Å². The van der Waals surface area contributed by atoms with Crippen LogP contribution in [0.1, 0.15) is 31.2 Å². The van der Waals surface area contributed by atoms with Gasteiger partial charge in [0.25, 0.3) is 0 Å². The normalized spacial score (nSPS) is 18.8. The zero-order valence-electron chi connectivity index (χ0n) is 13.7. The topological polar surface area (TPSA) is 12.5 Å². The molecule has 1 saturated heterocycles. The number of halogens is 1. The van der Waals surface area contributed by atoms with Crippen LogP contribution in [0.3, 0.4) is 0 Å². The molecule has 1 unspecified atom stereocenters. The van der Waals surface area contributed by atoms with Gasteiger partial charge in [0, 0.05) is 6.04 Å². The van der Waals surface area contributed by atoms with Crippen molar-refractivity contribution < 1.29 is 4.74 Å². The van der Waals surface area contributed by atoms with Gasteiger partial charge in [0.15, 0.2) is 0 Å². The second-order valence-corrected chi connectivity index (χ2v) is 7.20. The summed E-state index contributed by atoms with van der Waals surface area (Å²) >= 11 is 3.53. The lowest BCUT2D eigenvalue weighted by Crippen LogP contribution is -2.36. The van der Waals surface area contributed by atoms with E-state index >= 15 is 0 Å². The second-order valence-electron chi connectivity index (χ2n) is 6.35. The molecule has 0 saturated carbocycles. The van der Waals surface area contributed by atoms with Crippen molar-refractivity contribution in [1.29, 1.82) is 0 Å². The molecule has 2 aromatic carbocycles. The van der Waals surface area contributed by atoms with Gasteiger partial charge in [-0.1, -0.05) is 30.7 Å². The number of para-hydroxylation sites is 1. The Morgan fingerprint density at radius 1 is 1.13 bits per heavy atom. The van der Waals surface area contributed by atoms with Gasteiger partial charge in [-0.25, -0.2) is 0 Å². The molecular weight excluding hydrogens is 350 g/mol. The Labute approximate surface area is 147 Å². The number of hydrogen-bond acceptors (Lipinski definition) is 2. The molecule has 0 amide bonds. The number of aryl methyl sites for hydroxylation is 1. The second kappa shape index (κ2) is 7.98. The van der Waals surface area contributed by atoms with E-state index in [0.717, 1.165) is 28.4 Å². The molecule has 1 heterocycles. The van der Waals surface area contributed by atoms with Crippen LogP contribution in [0.5, 0.6) is 11.5 Å². The van der Waals surface area contributed by atoms with E-state index in [1.54, 1.807) is 0 Å². The van der Waals surface area contributed by atoms with Crippen LogP contribution >= 0.6 is 15.9 Å². The maximum atomic E-state index is 6.01. The van der Waals surface area contributed by atoms with Crippen molar-refractivity contribution in [2.24, 2.45) is 0 Å². The molecule has 23 heavy (non-hydrogen) atoms. The van der Waals surface area contributed by atoms with Crippen LogP contribution in [0.25, 0.3) is 0 Å². The first-order chi connectivity index (χ1) is 11.2. The number of nitrogens with zero attached hydrogens (tertiary/aromatic N) is 1. The van der Waals surface area contributed by atoms with Crippen LogP contribution in [0.4, 0.5) is 0 Å². The summed E-state index contributed by atoms with van der Waals surface area (Å²) in [6.07, 6.45) is 6.41. The molecule has 0 aliphatic carbocycles. The van der Waals surface area contributed by atoms with Crippen LogP contribution in [-0.4, -0.2) is 24.5 Å². The Morgan fingerprint density at radius 2 is 2.00 bits per heavy atom. The molecule has 1 fully saturated rings. The van der Waals surface area contributed by atoms with Gasteiger partial charge < -0.3 is 9.64 Å². The molecule has 1 aliphatic heterocycles. The SMILES string of the molecule is CN1CCCCC1CCc1cccc(Oc2ccccc2Br)c1. The summed E-state index contributed by atoms with van der Waals surface area (Å²) in [5, 5.41) is 0. The van der Waals surface area contributed by atoms with Crippen molar-refractivity contribution in [3.05, 3.63) is 58.6 Å². The number of rotatable bonds is 5. The highest BCUT2D eigenvalue weighted by Crippen LogP contribution is 2.30. The number of benzene rings is 2. The van der Waals surface area contributed by atoms with Crippen molar-refractivity contribution in [1.82, 2.24) is 4.90 Å². The molecule has 0 radical (unpaired) electrons. The third-order valence-electron chi connectivity index (χ3n) is 4.65. The maximum Gasteiger partial charge on any atom is 0.141 e. The average Bonchev–Trinajstić information content (AvgIpc) is 2.57. The summed E-state index contributed by atoms with van der Waals surface area (Å²) in [7, 11) is 2.26. The quantitative estimate of drug-likeness (QED) is 0.670. The van der Waals surface area contributed by atoms with E-state index in [-0.39, 0.29) is 0 Å². The first-order valence-corrected chi connectivity index (χ1v) is 9.23. The van der Waals surface area contributed by atoms with Crippen molar-refractivity contribution in [2.75, 3.05) is 13.6 Å². The minimum Gasteiger partial charge on any atom is -0.456 e. The summed E-state index contributed by atoms with van der Waals surface area (Å²) in [6, 6.07) is 17.2. The molecule has 3 rings (SSSR count). The summed E-state index contributed by atoms with van der Waals surface area (Å²) in [4.78, 5) is 2.52. The maximum absolute atomic E-state index is 6.01. The van der Waals surface area contributed by atoms with Gasteiger partial charge in [0.1, 0.15) is 11.5 Å². The molecule has 122 valence electrons. The van der Waals surface area contributed by atoms with Crippen molar-refractivity contribution in [3.8, 4) is 11.5 Å². The molecule has 0 spiro atoms. The molecule has 0 N–H and O–H groups in total. The van der Waals surface area contributed by atoms with E-state index in [1.165, 1.54) is 37.8 Å². The third kappa shape index (κ3) is 4.58. The van der Waals surface area contributed by atoms with Gasteiger partial charge in [-0.2, -0.15) is 0 Å². The fourth-order valence-corrected chi connectivity index (χ4v) is 3.63. The fraction of sp³-hybridized carbons (Fsp3) is 0.400. The largest absolute Gasteiger partial charge is 0.456 e. The standard InChI is InChI=1S/C20H24BrNO/c1-22-14-5-4-8-17(22)13-12-16-7-6-9-18(15-16)23-20-11-3-2-10-19(20)21/h2-3,6-7,9-11,15,17H,4-5,8,12-14H2,1H3. The number of piperidine rings is 1. The first-order valence-electron chi connectivity index (χ1n) is 8.44. The Balaban J connectivity index is 1.62. The first kappa shape index (κ1) is 16.5. The Morgan fingerprint density at radius 3 is 2.83 bits per heavy atom. The highest BCUT2D eigenvalue weighted by atomic mass is 79.9. The molecule has 1 atom stereocenters. The van der Waals surface area contributed by atoms with Crippen LogP contribution in [0, 0.1) is 0 Å². The van der Waals surface area contributed by atoms with Gasteiger partial charge in [-0.05, 0) is 85.0 Å². The van der Waals surface area contributed by atoms with E-state index in [1.807, 2.05) is 30.3 Å². The lowest BCUT2D eigenvalue weighted by atomic mass is 9.96. The minimum atomic E-state index is 0.733. The smallest absolute Gasteiger partial charge is 0.141 e. The van der Waals surface area contributed by atoms with Crippen LogP contribution in [0.15, 0.2) is 53.0 Å². The van der Waals surface area contributed by atoms with Crippen molar-refractivity contribution >= 4 is 15.9 Å². The predicted octanol–water partition coefficient (Wildman–Crippen LogP) is 5.66. The summed E-state index contributed by atoms with van der Waals surface area (Å²) in [6.45, 7) is 1.25. The zero-order valence-corrected chi connectivity index (χ0v) is 15.3. The Bertz CT molecular complexity index is 643. The van der Waals surface area contributed by atoms with E-state index < -0.39 is 0 Å². The van der Waals surface area contributed by atoms with Gasteiger partial charge in [-0.15, -0.1) is 0 Å². The summed E-state index contributed by atoms with van der Waals surface area (Å²) in [5.41, 5.74) is 1.36. The van der Waals surface area contributed by atoms with Crippen LogP contribution in [-0.2, 0) is 6.42 Å². The Hall–Kier alpha value is -1.32. The van der Waals surface area contributed by atoms with Crippen LogP contribution in [0.2, 0.25) is 0 Å². The monoisotopic (exact) mass is 373 g/mol. The summed E-state index contributed by atoms with van der Waals surface area (Å²) < 4.78 is 6.99. The zero-order chi connectivity index (χ0) is 16.1. The molecule has 2 nitrogen and oxygen atoms in total. The molecule has 1 aliphatic rings. The molecule has 3 heteroatoms. The van der Waals surface area contributed by atoms with Gasteiger partial charge >= 0.3 is 0 Å². The fourth-order valence-electron chi connectivity index (χ4n) is 3.26. The average molecular weight is 374 g/mol. The third-order valence-corrected chi connectivity index (χ3v) is 5.31. The predicted molar refractivity (Wildman–Crippen MR) is 99.2 cm³/mol. The lowest BCUT2D eigenvalue weighted by molar-refractivity contribution is 0.176. The van der Waals surface area contributed by atoms with E-state index in [2.05, 4.69) is 46.1 Å². The highest BCUT2D eigenvalue weighted by molar-refractivity contribution is 9.10. The lowest BCUT2D eigenvalue weighted by Gasteiger charge is -2.32. The molecular formula is C20H24BrNO. The molecule has 0 bridgehead atoms. The van der Waals surface area contributed by atoms with E-state index in [9.17, 15) is 0 Å². The van der Waals surface area contributed by atoms with Gasteiger partial charge in [-0.3, -0.25) is 0 Å². The van der Waals surface area contributed by atoms with Gasteiger partial charge in [0.2, 0.25) is 0 Å². The van der Waals surface area contributed by atoms with Crippen molar-refractivity contribution in [2.45, 2.75) is 38.1 Å². The van der Waals surface area contributed by atoms with E-state index in [0.29, 0.717) is 0 Å². The molecule has 0 aromatic heterocycles. The summed E-state index contributed by atoms with van der Waals surface area (Å²) in [5.74, 6) is 1.77. The molecule has 2 aromatic rings. The van der Waals surface area contributed by atoms with Gasteiger partial charge in [0.05, 0.1) is 4.47 Å². The van der Waals surface area contributed by atoms with Crippen molar-refractivity contribution in [3.63, 3.8) is 0 Å². The number of likely N-dealkylation sites (tertiary alicyclic amines) is 1. The number of ether oxygens (including phenoxy) is 1. The minimum absolute atomic E-state index is 0.733. The Kier molecular flexibility index (Phi) is 5.74. The highest BCUT2D eigenvalue weighted by Gasteiger charge is 2.18. The van der Waals surface area contributed by atoms with E-state index in [4.69, 9.17) is 4.74 Å².